The maximum atomic E-state index is 11.7. The number of ether oxygens (including phenoxy) is 1. The fourth-order valence-corrected chi connectivity index (χ4v) is 2.04. The van der Waals surface area contributed by atoms with E-state index in [1.165, 1.54) is 0 Å². The molecule has 6 heteroatoms. The Labute approximate surface area is 113 Å². The lowest BCUT2D eigenvalue weighted by molar-refractivity contribution is -0.138. The van der Waals surface area contributed by atoms with Crippen molar-refractivity contribution < 1.29 is 9.53 Å². The van der Waals surface area contributed by atoms with Gasteiger partial charge in [0.1, 0.15) is 6.10 Å². The minimum atomic E-state index is -0.161. The van der Waals surface area contributed by atoms with Crippen molar-refractivity contribution >= 4 is 11.9 Å². The van der Waals surface area contributed by atoms with E-state index in [0.29, 0.717) is 32.1 Å². The number of nitrogens with zero attached hydrogens (tertiary/aromatic N) is 4. The first-order valence-electron chi connectivity index (χ1n) is 6.51. The predicted octanol–water partition coefficient (Wildman–Crippen LogP) is 0.852. The Morgan fingerprint density at radius 1 is 1.58 bits per heavy atom. The van der Waals surface area contributed by atoms with Gasteiger partial charge in [-0.15, -0.1) is 0 Å². The summed E-state index contributed by atoms with van der Waals surface area (Å²) >= 11 is 0. The molecule has 0 saturated carbocycles. The molecule has 0 aromatic carbocycles. The van der Waals surface area contributed by atoms with Gasteiger partial charge in [0, 0.05) is 33.3 Å². The van der Waals surface area contributed by atoms with E-state index in [-0.39, 0.29) is 12.0 Å². The van der Waals surface area contributed by atoms with Gasteiger partial charge in [0.05, 0.1) is 18.8 Å². The Kier molecular flexibility index (Phi) is 4.31. The van der Waals surface area contributed by atoms with Crippen LogP contribution in [-0.4, -0.2) is 54.6 Å². The topological polar surface area (TPSA) is 58.6 Å². The molecule has 0 spiro atoms. The molecule has 0 bridgehead atoms. The molecule has 1 fully saturated rings. The SMILES string of the molecule is CCC(=O)N1CCOC(c2ccnc(N(C)C)n2)C1. The fourth-order valence-electron chi connectivity index (χ4n) is 2.04. The van der Waals surface area contributed by atoms with Crippen LogP contribution >= 0.6 is 0 Å². The predicted molar refractivity (Wildman–Crippen MR) is 71.9 cm³/mol. The summed E-state index contributed by atoms with van der Waals surface area (Å²) in [4.78, 5) is 24.1. The maximum Gasteiger partial charge on any atom is 0.225 e. The van der Waals surface area contributed by atoms with Gasteiger partial charge in [0.2, 0.25) is 11.9 Å². The zero-order chi connectivity index (χ0) is 13.8. The van der Waals surface area contributed by atoms with E-state index in [0.717, 1.165) is 5.69 Å². The molecule has 1 unspecified atom stereocenters. The van der Waals surface area contributed by atoms with Gasteiger partial charge in [-0.25, -0.2) is 9.97 Å². The normalized spacial score (nSPS) is 19.3. The second kappa shape index (κ2) is 5.97. The molecule has 2 rings (SSSR count). The molecule has 0 aliphatic carbocycles. The summed E-state index contributed by atoms with van der Waals surface area (Å²) in [5, 5.41) is 0. The van der Waals surface area contributed by atoms with Crippen LogP contribution in [0, 0.1) is 0 Å². The van der Waals surface area contributed by atoms with E-state index in [4.69, 9.17) is 4.74 Å². The van der Waals surface area contributed by atoms with Crippen molar-refractivity contribution in [2.45, 2.75) is 19.4 Å². The molecule has 1 aliphatic rings. The number of morpholine rings is 1. The first-order chi connectivity index (χ1) is 9.11. The van der Waals surface area contributed by atoms with Crippen LogP contribution in [0.3, 0.4) is 0 Å². The number of anilines is 1. The first-order valence-corrected chi connectivity index (χ1v) is 6.51. The number of aromatic nitrogens is 2. The van der Waals surface area contributed by atoms with Crippen molar-refractivity contribution in [2.24, 2.45) is 0 Å². The third kappa shape index (κ3) is 3.20. The molecule has 104 valence electrons. The Morgan fingerprint density at radius 3 is 3.05 bits per heavy atom. The van der Waals surface area contributed by atoms with E-state index in [1.54, 1.807) is 6.20 Å². The average molecular weight is 264 g/mol. The maximum absolute atomic E-state index is 11.7. The van der Waals surface area contributed by atoms with Crippen LogP contribution < -0.4 is 4.90 Å². The van der Waals surface area contributed by atoms with Crippen molar-refractivity contribution in [3.63, 3.8) is 0 Å². The van der Waals surface area contributed by atoms with Crippen LogP contribution in [0.4, 0.5) is 5.95 Å². The average Bonchev–Trinajstić information content (AvgIpc) is 2.46. The van der Waals surface area contributed by atoms with Crippen LogP contribution in [0.1, 0.15) is 25.1 Å². The minimum absolute atomic E-state index is 0.161. The molecule has 1 saturated heterocycles. The summed E-state index contributed by atoms with van der Waals surface area (Å²) in [6.45, 7) is 3.66. The highest BCUT2D eigenvalue weighted by Crippen LogP contribution is 2.21. The van der Waals surface area contributed by atoms with Crippen molar-refractivity contribution in [3.8, 4) is 0 Å². The van der Waals surface area contributed by atoms with Gasteiger partial charge in [-0.3, -0.25) is 4.79 Å². The van der Waals surface area contributed by atoms with Crippen LogP contribution in [-0.2, 0) is 9.53 Å². The van der Waals surface area contributed by atoms with Crippen LogP contribution in [0.15, 0.2) is 12.3 Å². The quantitative estimate of drug-likeness (QED) is 0.810. The highest BCUT2D eigenvalue weighted by atomic mass is 16.5. The number of carbonyl (C=O) groups is 1. The summed E-state index contributed by atoms with van der Waals surface area (Å²) in [6, 6.07) is 1.84. The third-order valence-corrected chi connectivity index (χ3v) is 3.12. The Bertz CT molecular complexity index is 450. The van der Waals surface area contributed by atoms with E-state index >= 15 is 0 Å². The number of hydrogen-bond donors (Lipinski definition) is 0. The molecule has 1 aliphatic heterocycles. The summed E-state index contributed by atoms with van der Waals surface area (Å²) in [6.07, 6.45) is 2.09. The van der Waals surface area contributed by atoms with E-state index < -0.39 is 0 Å². The second-order valence-corrected chi connectivity index (χ2v) is 4.73. The minimum Gasteiger partial charge on any atom is -0.368 e. The van der Waals surface area contributed by atoms with Gasteiger partial charge in [-0.05, 0) is 6.07 Å². The molecule has 1 aromatic rings. The summed E-state index contributed by atoms with van der Waals surface area (Å²) in [7, 11) is 3.79. The highest BCUT2D eigenvalue weighted by Gasteiger charge is 2.25. The lowest BCUT2D eigenvalue weighted by Gasteiger charge is -2.32. The van der Waals surface area contributed by atoms with Gasteiger partial charge in [-0.1, -0.05) is 6.92 Å². The summed E-state index contributed by atoms with van der Waals surface area (Å²) in [5.74, 6) is 0.815. The van der Waals surface area contributed by atoms with Gasteiger partial charge >= 0.3 is 0 Å². The lowest BCUT2D eigenvalue weighted by Crippen LogP contribution is -2.42. The lowest BCUT2D eigenvalue weighted by atomic mass is 10.2. The number of hydrogen-bond acceptors (Lipinski definition) is 5. The zero-order valence-corrected chi connectivity index (χ0v) is 11.7. The van der Waals surface area contributed by atoms with Crippen molar-refractivity contribution in [1.29, 1.82) is 0 Å². The molecule has 1 amide bonds. The zero-order valence-electron chi connectivity index (χ0n) is 11.7. The first kappa shape index (κ1) is 13.7. The standard InChI is InChI=1S/C13H20N4O2/c1-4-12(18)17-7-8-19-11(9-17)10-5-6-14-13(15-10)16(2)3/h5-6,11H,4,7-9H2,1-3H3. The molecule has 2 heterocycles. The number of amides is 1. The smallest absolute Gasteiger partial charge is 0.225 e. The number of rotatable bonds is 3. The number of carbonyl (C=O) groups excluding carboxylic acids is 1. The third-order valence-electron chi connectivity index (χ3n) is 3.12. The molecular formula is C13H20N4O2. The van der Waals surface area contributed by atoms with Crippen LogP contribution in [0.25, 0.3) is 0 Å². The molecular weight excluding hydrogens is 244 g/mol. The van der Waals surface area contributed by atoms with Gasteiger partial charge in [0.25, 0.3) is 0 Å². The largest absolute Gasteiger partial charge is 0.368 e. The van der Waals surface area contributed by atoms with Gasteiger partial charge < -0.3 is 14.5 Å². The summed E-state index contributed by atoms with van der Waals surface area (Å²) in [5.41, 5.74) is 0.826. The summed E-state index contributed by atoms with van der Waals surface area (Å²) < 4.78 is 5.72. The van der Waals surface area contributed by atoms with Crippen LogP contribution in [0.5, 0.6) is 0 Å². The monoisotopic (exact) mass is 264 g/mol. The van der Waals surface area contributed by atoms with E-state index in [2.05, 4.69) is 9.97 Å². The van der Waals surface area contributed by atoms with Crippen LogP contribution in [0.2, 0.25) is 0 Å². The van der Waals surface area contributed by atoms with Crippen molar-refractivity contribution in [2.75, 3.05) is 38.7 Å². The molecule has 0 radical (unpaired) electrons. The Hall–Kier alpha value is -1.69. The highest BCUT2D eigenvalue weighted by molar-refractivity contribution is 5.75. The Balaban J connectivity index is 2.13. The molecule has 1 aromatic heterocycles. The van der Waals surface area contributed by atoms with Crippen molar-refractivity contribution in [3.05, 3.63) is 18.0 Å². The molecule has 19 heavy (non-hydrogen) atoms. The molecule has 6 nitrogen and oxygen atoms in total. The molecule has 0 N–H and O–H groups in total. The van der Waals surface area contributed by atoms with Crippen molar-refractivity contribution in [1.82, 2.24) is 14.9 Å². The van der Waals surface area contributed by atoms with Gasteiger partial charge in [0.15, 0.2) is 0 Å². The van der Waals surface area contributed by atoms with E-state index in [1.807, 2.05) is 36.9 Å². The second-order valence-electron chi connectivity index (χ2n) is 4.73. The Morgan fingerprint density at radius 2 is 2.37 bits per heavy atom. The van der Waals surface area contributed by atoms with Gasteiger partial charge in [-0.2, -0.15) is 0 Å². The molecule has 1 atom stereocenters. The fraction of sp³-hybridized carbons (Fsp3) is 0.615. The van der Waals surface area contributed by atoms with E-state index in [9.17, 15) is 4.79 Å².